The van der Waals surface area contributed by atoms with Gasteiger partial charge in [0, 0.05) is 76.7 Å². The van der Waals surface area contributed by atoms with Gasteiger partial charge in [-0.05, 0) is 44.4 Å². The van der Waals surface area contributed by atoms with Crippen molar-refractivity contribution in [2.75, 3.05) is 71.3 Å². The van der Waals surface area contributed by atoms with Gasteiger partial charge in [-0.15, -0.1) is 0 Å². The molecule has 3 saturated heterocycles. The molecule has 36 heavy (non-hydrogen) atoms. The second-order valence-electron chi connectivity index (χ2n) is 10.4. The first-order valence-electron chi connectivity index (χ1n) is 13.3. The predicted octanol–water partition coefficient (Wildman–Crippen LogP) is 1.87. The van der Waals surface area contributed by atoms with Gasteiger partial charge in [0.15, 0.2) is 6.61 Å². The van der Waals surface area contributed by atoms with Gasteiger partial charge in [-0.1, -0.05) is 18.2 Å². The van der Waals surface area contributed by atoms with E-state index < -0.39 is 6.09 Å². The molecule has 4 amide bonds. The minimum absolute atomic E-state index is 0.0747. The number of benzene rings is 1. The third kappa shape index (κ3) is 5.59. The number of fused-ring (bicyclic) bond motifs is 1. The molecule has 0 radical (unpaired) electrons. The lowest BCUT2D eigenvalue weighted by molar-refractivity contribution is -0.136. The molecule has 4 heterocycles. The number of carbonyl (C=O) groups is 3. The molecule has 4 aliphatic rings. The van der Waals surface area contributed by atoms with Crippen LogP contribution >= 0.6 is 0 Å². The number of amides is 4. The van der Waals surface area contributed by atoms with Crippen LogP contribution in [0.2, 0.25) is 0 Å². The van der Waals surface area contributed by atoms with Crippen molar-refractivity contribution in [3.05, 3.63) is 29.8 Å². The van der Waals surface area contributed by atoms with E-state index in [1.54, 1.807) is 4.90 Å². The van der Waals surface area contributed by atoms with Gasteiger partial charge in [0.05, 0.1) is 0 Å². The zero-order chi connectivity index (χ0) is 25.1. The molecule has 5 rings (SSSR count). The minimum atomic E-state index is -0.442. The van der Waals surface area contributed by atoms with Crippen molar-refractivity contribution in [1.82, 2.24) is 24.5 Å². The molecule has 1 aromatic carbocycles. The van der Waals surface area contributed by atoms with E-state index in [0.29, 0.717) is 38.5 Å². The summed E-state index contributed by atoms with van der Waals surface area (Å²) in [6.07, 6.45) is 2.90. The van der Waals surface area contributed by atoms with Gasteiger partial charge < -0.3 is 29.7 Å². The number of piperidine rings is 2. The summed E-state index contributed by atoms with van der Waals surface area (Å²) < 4.78 is 5.39. The number of urea groups is 1. The molecule has 10 heteroatoms. The van der Waals surface area contributed by atoms with Crippen LogP contribution in [-0.4, -0.2) is 121 Å². The summed E-state index contributed by atoms with van der Waals surface area (Å²) in [5.41, 5.74) is 1.97. The number of hydrogen-bond donors (Lipinski definition) is 1. The van der Waals surface area contributed by atoms with Crippen molar-refractivity contribution < 1.29 is 19.1 Å². The zero-order valence-electron chi connectivity index (χ0n) is 21.2. The lowest BCUT2D eigenvalue weighted by Gasteiger charge is -2.42. The highest BCUT2D eigenvalue weighted by molar-refractivity contribution is 5.92. The smallest absolute Gasteiger partial charge is 0.410 e. The number of likely N-dealkylation sites (tertiary alicyclic amines) is 2. The van der Waals surface area contributed by atoms with Gasteiger partial charge >= 0.3 is 12.1 Å². The molecule has 1 aromatic rings. The molecule has 0 bridgehead atoms. The second-order valence-corrected chi connectivity index (χ2v) is 10.4. The fourth-order valence-electron chi connectivity index (χ4n) is 5.85. The Hall–Kier alpha value is -2.85. The molecule has 196 valence electrons. The lowest BCUT2D eigenvalue weighted by Crippen LogP contribution is -2.53. The van der Waals surface area contributed by atoms with Crippen LogP contribution in [0, 0.1) is 0 Å². The fraction of sp³-hybridized carbons (Fsp3) is 0.654. The third-order valence-electron chi connectivity index (χ3n) is 8.21. The van der Waals surface area contributed by atoms with Crippen LogP contribution in [0.1, 0.15) is 31.2 Å². The number of nitrogens with zero attached hydrogens (tertiary/aromatic N) is 5. The van der Waals surface area contributed by atoms with Gasteiger partial charge in [-0.2, -0.15) is 0 Å². The summed E-state index contributed by atoms with van der Waals surface area (Å²) in [6.45, 7) is 7.24. The Morgan fingerprint density at radius 3 is 2.25 bits per heavy atom. The zero-order valence-corrected chi connectivity index (χ0v) is 21.2. The van der Waals surface area contributed by atoms with Crippen LogP contribution in [0.5, 0.6) is 0 Å². The van der Waals surface area contributed by atoms with E-state index in [9.17, 15) is 14.4 Å². The number of para-hydroxylation sites is 1. The normalized spacial score (nSPS) is 22.8. The number of rotatable bonds is 4. The topological polar surface area (TPSA) is 88.7 Å². The molecule has 0 aromatic heterocycles. The molecule has 4 aliphatic heterocycles. The summed E-state index contributed by atoms with van der Waals surface area (Å²) in [4.78, 5) is 48.1. The van der Waals surface area contributed by atoms with Crippen LogP contribution in [0.4, 0.5) is 15.3 Å². The first-order valence-corrected chi connectivity index (χ1v) is 13.3. The number of hydrogen-bond acceptors (Lipinski definition) is 6. The number of carbonyl (C=O) groups excluding carboxylic acids is 3. The van der Waals surface area contributed by atoms with Gasteiger partial charge in [-0.25, -0.2) is 9.59 Å². The van der Waals surface area contributed by atoms with E-state index in [2.05, 4.69) is 22.2 Å². The number of likely N-dealkylation sites (N-methyl/N-ethyl adjacent to an activating group) is 1. The van der Waals surface area contributed by atoms with E-state index in [1.807, 2.05) is 34.1 Å². The summed E-state index contributed by atoms with van der Waals surface area (Å²) in [5, 5.41) is 2.96. The van der Waals surface area contributed by atoms with Crippen LogP contribution in [0.15, 0.2) is 24.3 Å². The Morgan fingerprint density at radius 2 is 1.53 bits per heavy atom. The van der Waals surface area contributed by atoms with E-state index in [0.717, 1.165) is 63.4 Å². The SMILES string of the molecule is CN1CCN(C2CCN(C(=O)COC(=O)N3CCC(N4Cc5ccccc5NC4=O)CC3)CC2)CC1. The standard InChI is InChI=1S/C26H38N6O4/c1-28-14-16-29(17-15-28)21-6-10-30(11-7-21)24(33)19-36-26(35)31-12-8-22(9-13-31)32-18-20-4-2-3-5-23(20)27-25(32)34/h2-5,21-22H,6-19H2,1H3,(H,27,34). The Balaban J connectivity index is 1.02. The van der Waals surface area contributed by atoms with Crippen molar-refractivity contribution in [1.29, 1.82) is 0 Å². The molecule has 0 unspecified atom stereocenters. The highest BCUT2D eigenvalue weighted by Gasteiger charge is 2.34. The van der Waals surface area contributed by atoms with Gasteiger partial charge in [-0.3, -0.25) is 9.69 Å². The highest BCUT2D eigenvalue weighted by atomic mass is 16.6. The highest BCUT2D eigenvalue weighted by Crippen LogP contribution is 2.27. The Morgan fingerprint density at radius 1 is 0.889 bits per heavy atom. The molecule has 0 saturated carbocycles. The quantitative estimate of drug-likeness (QED) is 0.682. The van der Waals surface area contributed by atoms with Crippen molar-refractivity contribution in [2.45, 2.75) is 44.3 Å². The van der Waals surface area contributed by atoms with Crippen LogP contribution in [-0.2, 0) is 16.1 Å². The van der Waals surface area contributed by atoms with Crippen LogP contribution in [0.3, 0.4) is 0 Å². The number of nitrogens with one attached hydrogen (secondary N) is 1. The summed E-state index contributed by atoms with van der Waals surface area (Å²) in [7, 11) is 2.16. The van der Waals surface area contributed by atoms with Gasteiger partial charge in [0.1, 0.15) is 0 Å². The summed E-state index contributed by atoms with van der Waals surface area (Å²) in [6, 6.07) is 8.37. The van der Waals surface area contributed by atoms with Crippen molar-refractivity contribution in [3.63, 3.8) is 0 Å². The minimum Gasteiger partial charge on any atom is -0.439 e. The molecule has 0 aliphatic carbocycles. The molecular weight excluding hydrogens is 460 g/mol. The lowest BCUT2D eigenvalue weighted by atomic mass is 10.0. The first kappa shape index (κ1) is 24.8. The Labute approximate surface area is 213 Å². The van der Waals surface area contributed by atoms with Crippen molar-refractivity contribution >= 4 is 23.7 Å². The average Bonchev–Trinajstić information content (AvgIpc) is 2.92. The summed E-state index contributed by atoms with van der Waals surface area (Å²) >= 11 is 0. The largest absolute Gasteiger partial charge is 0.439 e. The number of anilines is 1. The predicted molar refractivity (Wildman–Crippen MR) is 136 cm³/mol. The average molecular weight is 499 g/mol. The maximum atomic E-state index is 12.7. The molecule has 10 nitrogen and oxygen atoms in total. The van der Waals surface area contributed by atoms with Crippen molar-refractivity contribution in [2.24, 2.45) is 0 Å². The molecule has 0 spiro atoms. The van der Waals surface area contributed by atoms with Crippen LogP contribution < -0.4 is 5.32 Å². The van der Waals surface area contributed by atoms with E-state index in [4.69, 9.17) is 4.74 Å². The van der Waals surface area contributed by atoms with Gasteiger partial charge in [0.25, 0.3) is 5.91 Å². The number of ether oxygens (including phenoxy) is 1. The molecule has 1 N–H and O–H groups in total. The molecule has 0 atom stereocenters. The first-order chi connectivity index (χ1) is 17.5. The van der Waals surface area contributed by atoms with E-state index >= 15 is 0 Å². The van der Waals surface area contributed by atoms with Gasteiger partial charge in [0.2, 0.25) is 0 Å². The second kappa shape index (κ2) is 11.0. The molecule has 3 fully saturated rings. The maximum Gasteiger partial charge on any atom is 0.410 e. The fourth-order valence-corrected chi connectivity index (χ4v) is 5.85. The Kier molecular flexibility index (Phi) is 7.62. The monoisotopic (exact) mass is 498 g/mol. The number of piperazine rings is 1. The van der Waals surface area contributed by atoms with Crippen molar-refractivity contribution in [3.8, 4) is 0 Å². The summed E-state index contributed by atoms with van der Waals surface area (Å²) in [5.74, 6) is -0.112. The Bertz CT molecular complexity index is 950. The van der Waals surface area contributed by atoms with E-state index in [-0.39, 0.29) is 24.6 Å². The molecular formula is C26H38N6O4. The maximum absolute atomic E-state index is 12.7. The van der Waals surface area contributed by atoms with Crippen LogP contribution in [0.25, 0.3) is 0 Å². The third-order valence-corrected chi connectivity index (χ3v) is 8.21. The van der Waals surface area contributed by atoms with E-state index in [1.165, 1.54) is 0 Å².